The van der Waals surface area contributed by atoms with E-state index in [2.05, 4.69) is 0 Å². The van der Waals surface area contributed by atoms with Gasteiger partial charge in [0.2, 0.25) is 0 Å². The molecule has 2 aliphatic rings. The molecule has 0 bridgehead atoms. The van der Waals surface area contributed by atoms with Crippen LogP contribution in [0.25, 0.3) is 0 Å². The number of hydrogen-bond acceptors (Lipinski definition) is 5. The lowest BCUT2D eigenvalue weighted by Gasteiger charge is -2.29. The predicted molar refractivity (Wildman–Crippen MR) is 80.7 cm³/mol. The number of hydrogen-bond donors (Lipinski definition) is 1. The number of rotatable bonds is 1. The highest BCUT2D eigenvalue weighted by Crippen LogP contribution is 2.52. The molecule has 1 amide bonds. The van der Waals surface area contributed by atoms with E-state index in [0.29, 0.717) is 6.54 Å². The Labute approximate surface area is 123 Å². The molecular weight excluding hydrogens is 282 g/mol. The summed E-state index contributed by atoms with van der Waals surface area (Å²) in [6.07, 6.45) is 0.0243. The van der Waals surface area contributed by atoms with E-state index < -0.39 is 11.7 Å². The number of nitrogens with zero attached hydrogens (tertiary/aromatic N) is 1. The first-order valence-corrected chi connectivity index (χ1v) is 8.65. The van der Waals surface area contributed by atoms with E-state index in [0.717, 1.165) is 17.9 Å². The molecule has 1 N–H and O–H groups in total. The lowest BCUT2D eigenvalue weighted by molar-refractivity contribution is 0.00800. The van der Waals surface area contributed by atoms with Crippen molar-refractivity contribution in [1.29, 1.82) is 0 Å². The third-order valence-corrected chi connectivity index (χ3v) is 6.76. The zero-order chi connectivity index (χ0) is 14.3. The van der Waals surface area contributed by atoms with Gasteiger partial charge in [-0.15, -0.1) is 23.5 Å². The van der Waals surface area contributed by atoms with Gasteiger partial charge in [0.25, 0.3) is 0 Å². The summed E-state index contributed by atoms with van der Waals surface area (Å²) in [6.45, 7) is 8.03. The zero-order valence-electron chi connectivity index (χ0n) is 12.0. The molecule has 6 heteroatoms. The van der Waals surface area contributed by atoms with Crippen molar-refractivity contribution in [3.63, 3.8) is 0 Å². The lowest BCUT2D eigenvalue weighted by atomic mass is 10.1. The van der Waals surface area contributed by atoms with E-state index >= 15 is 0 Å². The quantitative estimate of drug-likeness (QED) is 0.807. The molecule has 1 spiro atoms. The average Bonchev–Trinajstić information content (AvgIpc) is 2.84. The molecular formula is C13H23NO3S2. The molecule has 0 aromatic heterocycles. The number of carbonyl (C=O) groups excluding carboxylic acids is 1. The van der Waals surface area contributed by atoms with Crippen LogP contribution in [-0.4, -0.2) is 56.0 Å². The van der Waals surface area contributed by atoms with Crippen LogP contribution in [0.4, 0.5) is 4.79 Å². The fourth-order valence-electron chi connectivity index (χ4n) is 2.53. The van der Waals surface area contributed by atoms with Crippen molar-refractivity contribution in [3.05, 3.63) is 0 Å². The van der Waals surface area contributed by atoms with Crippen molar-refractivity contribution in [1.82, 2.24) is 4.90 Å². The molecule has 0 radical (unpaired) electrons. The minimum absolute atomic E-state index is 0.0680. The molecule has 0 aromatic carbocycles. The molecule has 2 saturated heterocycles. The molecule has 0 aliphatic carbocycles. The molecule has 0 aromatic rings. The Morgan fingerprint density at radius 2 is 2.00 bits per heavy atom. The van der Waals surface area contributed by atoms with E-state index in [-0.39, 0.29) is 16.2 Å². The third kappa shape index (κ3) is 3.52. The van der Waals surface area contributed by atoms with E-state index in [1.54, 1.807) is 11.8 Å². The van der Waals surface area contributed by atoms with Crippen molar-refractivity contribution in [2.24, 2.45) is 0 Å². The Kier molecular flexibility index (Phi) is 4.33. The van der Waals surface area contributed by atoms with Gasteiger partial charge in [0, 0.05) is 18.1 Å². The Balaban J connectivity index is 2.11. The van der Waals surface area contributed by atoms with Gasteiger partial charge in [-0.05, 0) is 34.1 Å². The number of aliphatic hydroxyl groups excluding tert-OH is 1. The van der Waals surface area contributed by atoms with Gasteiger partial charge < -0.3 is 14.7 Å². The molecule has 2 atom stereocenters. The van der Waals surface area contributed by atoms with E-state index in [9.17, 15) is 9.90 Å². The van der Waals surface area contributed by atoms with Crippen LogP contribution in [-0.2, 0) is 4.74 Å². The summed E-state index contributed by atoms with van der Waals surface area (Å²) >= 11 is 3.83. The van der Waals surface area contributed by atoms with Crippen molar-refractivity contribution >= 4 is 29.6 Å². The van der Waals surface area contributed by atoms with Crippen LogP contribution < -0.4 is 0 Å². The summed E-state index contributed by atoms with van der Waals surface area (Å²) in [6, 6.07) is -0.132. The van der Waals surface area contributed by atoms with Crippen LogP contribution in [0.3, 0.4) is 0 Å². The van der Waals surface area contributed by atoms with Crippen LogP contribution >= 0.6 is 23.5 Å². The zero-order valence-corrected chi connectivity index (χ0v) is 13.6. The molecule has 2 heterocycles. The van der Waals surface area contributed by atoms with Crippen LogP contribution in [0.15, 0.2) is 0 Å². The first-order chi connectivity index (χ1) is 8.72. The highest BCUT2D eigenvalue weighted by atomic mass is 32.2. The number of carbonyl (C=O) groups is 1. The molecule has 1 unspecified atom stereocenters. The Hall–Kier alpha value is -0.0700. The fraction of sp³-hybridized carbons (Fsp3) is 0.923. The number of amides is 1. The summed E-state index contributed by atoms with van der Waals surface area (Å²) in [5.74, 6) is 2.25. The van der Waals surface area contributed by atoms with Crippen LogP contribution in [0.5, 0.6) is 0 Å². The van der Waals surface area contributed by atoms with Crippen molar-refractivity contribution in [2.75, 3.05) is 18.1 Å². The molecule has 2 fully saturated rings. The van der Waals surface area contributed by atoms with Crippen LogP contribution in [0.1, 0.15) is 34.1 Å². The first kappa shape index (κ1) is 15.3. The Morgan fingerprint density at radius 3 is 2.47 bits per heavy atom. The van der Waals surface area contributed by atoms with Crippen LogP contribution in [0, 0.1) is 0 Å². The summed E-state index contributed by atoms with van der Waals surface area (Å²) < 4.78 is 5.53. The van der Waals surface area contributed by atoms with Gasteiger partial charge in [0.05, 0.1) is 16.2 Å². The summed E-state index contributed by atoms with van der Waals surface area (Å²) in [4.78, 5) is 14.0. The molecule has 4 nitrogen and oxygen atoms in total. The standard InChI is InChI=1S/C13H23NO3S2/c1-9(15)10-7-13(18-5-6-19-13)8-14(10)11(16)17-12(2,3)4/h9-10,15H,5-8H2,1-4H3/t9?,10-/m0/s1. The number of aliphatic hydroxyl groups is 1. The molecule has 2 aliphatic heterocycles. The second-order valence-corrected chi connectivity index (χ2v) is 9.44. The average molecular weight is 305 g/mol. The van der Waals surface area contributed by atoms with Gasteiger partial charge in [-0.1, -0.05) is 0 Å². The SMILES string of the molecule is CC(O)[C@@H]1CC2(CN1C(=O)OC(C)(C)C)SCCS2. The largest absolute Gasteiger partial charge is 0.444 e. The van der Waals surface area contributed by atoms with E-state index in [1.807, 2.05) is 44.3 Å². The van der Waals surface area contributed by atoms with E-state index in [1.165, 1.54) is 0 Å². The Bertz CT molecular complexity index is 348. The first-order valence-electron chi connectivity index (χ1n) is 6.68. The summed E-state index contributed by atoms with van der Waals surface area (Å²) in [7, 11) is 0. The highest BCUT2D eigenvalue weighted by Gasteiger charge is 2.50. The highest BCUT2D eigenvalue weighted by molar-refractivity contribution is 8.21. The van der Waals surface area contributed by atoms with Crippen molar-refractivity contribution in [2.45, 2.75) is 55.9 Å². The number of thioether (sulfide) groups is 2. The smallest absolute Gasteiger partial charge is 0.410 e. The lowest BCUT2D eigenvalue weighted by Crippen LogP contribution is -2.44. The number of likely N-dealkylation sites (tertiary alicyclic amines) is 1. The minimum atomic E-state index is -0.520. The van der Waals surface area contributed by atoms with Crippen molar-refractivity contribution in [3.8, 4) is 0 Å². The molecule has 110 valence electrons. The minimum Gasteiger partial charge on any atom is -0.444 e. The van der Waals surface area contributed by atoms with Gasteiger partial charge in [-0.25, -0.2) is 4.79 Å². The van der Waals surface area contributed by atoms with Gasteiger partial charge in [0.15, 0.2) is 0 Å². The second kappa shape index (κ2) is 5.37. The summed E-state index contributed by atoms with van der Waals surface area (Å²) in [5.41, 5.74) is -0.494. The van der Waals surface area contributed by atoms with Gasteiger partial charge in [0.1, 0.15) is 5.60 Å². The Morgan fingerprint density at radius 1 is 1.42 bits per heavy atom. The van der Waals surface area contributed by atoms with Gasteiger partial charge in [-0.2, -0.15) is 0 Å². The van der Waals surface area contributed by atoms with E-state index in [4.69, 9.17) is 4.74 Å². The second-order valence-electron chi connectivity index (χ2n) is 6.23. The van der Waals surface area contributed by atoms with Crippen molar-refractivity contribution < 1.29 is 14.6 Å². The van der Waals surface area contributed by atoms with Gasteiger partial charge >= 0.3 is 6.09 Å². The normalized spacial score (nSPS) is 27.8. The maximum absolute atomic E-state index is 12.3. The molecule has 2 rings (SSSR count). The van der Waals surface area contributed by atoms with Gasteiger partial charge in [-0.3, -0.25) is 0 Å². The summed E-state index contributed by atoms with van der Waals surface area (Å²) in [5, 5.41) is 9.95. The fourth-order valence-corrected chi connectivity index (χ4v) is 5.81. The van der Waals surface area contributed by atoms with Crippen LogP contribution in [0.2, 0.25) is 0 Å². The topological polar surface area (TPSA) is 49.8 Å². The third-order valence-electron chi connectivity index (χ3n) is 3.33. The maximum atomic E-state index is 12.3. The molecule has 19 heavy (non-hydrogen) atoms. The monoisotopic (exact) mass is 305 g/mol. The predicted octanol–water partition coefficient (Wildman–Crippen LogP) is 2.55. The number of ether oxygens (including phenoxy) is 1. The maximum Gasteiger partial charge on any atom is 0.410 e. The molecule has 0 saturated carbocycles.